The molecule has 0 unspecified atom stereocenters. The van der Waals surface area contributed by atoms with E-state index in [1.54, 1.807) is 0 Å². The molecule has 4 nitrogen and oxygen atoms in total. The van der Waals surface area contributed by atoms with E-state index in [1.165, 1.54) is 0 Å². The summed E-state index contributed by atoms with van der Waals surface area (Å²) in [5.74, 6) is 0.276. The van der Waals surface area contributed by atoms with Gasteiger partial charge in [0.05, 0.1) is 33.6 Å². The molecule has 1 aromatic rings. The van der Waals surface area contributed by atoms with Crippen LogP contribution in [0, 0.1) is 5.92 Å². The predicted molar refractivity (Wildman–Crippen MR) is 84.4 cm³/mol. The van der Waals surface area contributed by atoms with Crippen molar-refractivity contribution in [3.05, 3.63) is 28.5 Å². The van der Waals surface area contributed by atoms with Crippen molar-refractivity contribution >= 4 is 26.9 Å². The third kappa shape index (κ3) is 3.87. The Morgan fingerprint density at radius 1 is 1.45 bits per heavy atom. The van der Waals surface area contributed by atoms with Gasteiger partial charge in [0.25, 0.3) is 0 Å². The Hall–Kier alpha value is -0.300. The fraction of sp³-hybridized carbons (Fsp3) is 0.643. The first kappa shape index (κ1) is 16.1. The van der Waals surface area contributed by atoms with Crippen LogP contribution in [0.25, 0.3) is 0 Å². The molecular weight excluding hydrogens is 340 g/mol. The van der Waals surface area contributed by atoms with Gasteiger partial charge < -0.3 is 5.11 Å². The number of pyridine rings is 1. The molecule has 0 spiro atoms. The zero-order valence-corrected chi connectivity index (χ0v) is 14.4. The SMILES string of the molecule is CC(C)(C)[S@@](=O)N[C@H](c1cccc(Br)n1)C1CC(O)C1. The molecule has 6 heteroatoms. The summed E-state index contributed by atoms with van der Waals surface area (Å²) < 4.78 is 16.0. The van der Waals surface area contributed by atoms with Crippen LogP contribution in [-0.2, 0) is 11.0 Å². The Kier molecular flexibility index (Phi) is 5.00. The zero-order chi connectivity index (χ0) is 14.9. The van der Waals surface area contributed by atoms with Crippen molar-refractivity contribution in [3.8, 4) is 0 Å². The van der Waals surface area contributed by atoms with E-state index in [4.69, 9.17) is 0 Å². The highest BCUT2D eigenvalue weighted by Crippen LogP contribution is 2.38. The van der Waals surface area contributed by atoms with E-state index in [-0.39, 0.29) is 22.8 Å². The maximum Gasteiger partial charge on any atom is 0.106 e. The Morgan fingerprint density at radius 2 is 2.10 bits per heavy atom. The van der Waals surface area contributed by atoms with E-state index in [9.17, 15) is 9.32 Å². The molecule has 112 valence electrons. The van der Waals surface area contributed by atoms with Crippen LogP contribution in [-0.4, -0.2) is 25.2 Å². The Bertz CT molecular complexity index is 498. The number of rotatable bonds is 4. The molecule has 2 atom stereocenters. The van der Waals surface area contributed by atoms with Crippen LogP contribution in [0.3, 0.4) is 0 Å². The summed E-state index contributed by atoms with van der Waals surface area (Å²) in [5.41, 5.74) is 0.869. The van der Waals surface area contributed by atoms with Crippen molar-refractivity contribution in [2.75, 3.05) is 0 Å². The van der Waals surface area contributed by atoms with Crippen LogP contribution in [0.15, 0.2) is 22.8 Å². The lowest BCUT2D eigenvalue weighted by atomic mass is 9.76. The van der Waals surface area contributed by atoms with Crippen molar-refractivity contribution < 1.29 is 9.32 Å². The maximum absolute atomic E-state index is 12.4. The number of hydrogen-bond donors (Lipinski definition) is 2. The van der Waals surface area contributed by atoms with Gasteiger partial charge >= 0.3 is 0 Å². The van der Waals surface area contributed by atoms with Crippen LogP contribution in [0.1, 0.15) is 45.3 Å². The molecule has 0 aliphatic heterocycles. The van der Waals surface area contributed by atoms with E-state index < -0.39 is 11.0 Å². The molecule has 2 rings (SSSR count). The van der Waals surface area contributed by atoms with Crippen LogP contribution < -0.4 is 4.72 Å². The van der Waals surface area contributed by atoms with Gasteiger partial charge in [-0.2, -0.15) is 0 Å². The number of hydrogen-bond acceptors (Lipinski definition) is 3. The fourth-order valence-corrected chi connectivity index (χ4v) is 3.44. The minimum Gasteiger partial charge on any atom is -0.393 e. The molecule has 2 N–H and O–H groups in total. The maximum atomic E-state index is 12.4. The van der Waals surface area contributed by atoms with Crippen molar-refractivity contribution in [1.29, 1.82) is 0 Å². The van der Waals surface area contributed by atoms with Gasteiger partial charge in [0.1, 0.15) is 4.60 Å². The topological polar surface area (TPSA) is 62.2 Å². The molecule has 1 heterocycles. The lowest BCUT2D eigenvalue weighted by Gasteiger charge is -2.38. The van der Waals surface area contributed by atoms with Crippen LogP contribution in [0.2, 0.25) is 0 Å². The minimum absolute atomic E-state index is 0.0871. The van der Waals surface area contributed by atoms with Crippen molar-refractivity contribution in [3.63, 3.8) is 0 Å². The zero-order valence-electron chi connectivity index (χ0n) is 12.0. The Morgan fingerprint density at radius 3 is 2.60 bits per heavy atom. The summed E-state index contributed by atoms with van der Waals surface area (Å²) in [6, 6.07) is 5.65. The monoisotopic (exact) mass is 360 g/mol. The Balaban J connectivity index is 2.19. The molecule has 0 saturated heterocycles. The van der Waals surface area contributed by atoms with Gasteiger partial charge in [0, 0.05) is 0 Å². The third-order valence-electron chi connectivity index (χ3n) is 3.47. The summed E-state index contributed by atoms with van der Waals surface area (Å²) >= 11 is 3.37. The number of aromatic nitrogens is 1. The first-order chi connectivity index (χ1) is 9.27. The molecule has 0 radical (unpaired) electrons. The van der Waals surface area contributed by atoms with Gasteiger partial charge in [0.2, 0.25) is 0 Å². The standard InChI is InChI=1S/C14H21BrN2O2S/c1-14(2,3)20(19)17-13(9-7-10(18)8-9)11-5-4-6-12(15)16-11/h4-6,9-10,13,17-18H,7-8H2,1-3H3/t9?,10?,13-,20+/m0/s1. The molecule has 0 amide bonds. The second-order valence-electron chi connectivity index (χ2n) is 6.25. The van der Waals surface area contributed by atoms with E-state index >= 15 is 0 Å². The lowest BCUT2D eigenvalue weighted by molar-refractivity contribution is 0.0275. The summed E-state index contributed by atoms with van der Waals surface area (Å²) in [7, 11) is -1.16. The number of nitrogens with zero attached hydrogens (tertiary/aromatic N) is 1. The molecule has 1 aliphatic carbocycles. The number of nitrogens with one attached hydrogen (secondary N) is 1. The van der Waals surface area contributed by atoms with Crippen molar-refractivity contribution in [1.82, 2.24) is 9.71 Å². The fourth-order valence-electron chi connectivity index (χ4n) is 2.19. The largest absolute Gasteiger partial charge is 0.393 e. The van der Waals surface area contributed by atoms with E-state index in [0.717, 1.165) is 23.1 Å². The normalized spacial score (nSPS) is 25.9. The predicted octanol–water partition coefficient (Wildman–Crippen LogP) is 2.71. The average Bonchev–Trinajstić information content (AvgIpc) is 2.31. The van der Waals surface area contributed by atoms with E-state index in [2.05, 4.69) is 25.6 Å². The quantitative estimate of drug-likeness (QED) is 0.811. The summed E-state index contributed by atoms with van der Waals surface area (Å²) in [6.07, 6.45) is 1.22. The van der Waals surface area contributed by atoms with Crippen LogP contribution in [0.4, 0.5) is 0 Å². The van der Waals surface area contributed by atoms with Gasteiger partial charge in [-0.3, -0.25) is 0 Å². The molecule has 1 fully saturated rings. The van der Waals surface area contributed by atoms with Crippen molar-refractivity contribution in [2.45, 2.75) is 50.5 Å². The molecule has 0 aromatic carbocycles. The Labute approximate surface area is 131 Å². The number of halogens is 1. The summed E-state index contributed by atoms with van der Waals surface area (Å²) in [5, 5.41) is 9.53. The van der Waals surface area contributed by atoms with Crippen LogP contribution >= 0.6 is 15.9 Å². The second kappa shape index (κ2) is 6.22. The van der Waals surface area contributed by atoms with Gasteiger partial charge in [0.15, 0.2) is 0 Å². The van der Waals surface area contributed by atoms with Gasteiger partial charge in [-0.05, 0) is 67.6 Å². The van der Waals surface area contributed by atoms with E-state index in [1.807, 2.05) is 39.0 Å². The highest BCUT2D eigenvalue weighted by Gasteiger charge is 2.37. The molecule has 1 saturated carbocycles. The van der Waals surface area contributed by atoms with Crippen molar-refractivity contribution in [2.24, 2.45) is 5.92 Å². The van der Waals surface area contributed by atoms with Gasteiger partial charge in [-0.15, -0.1) is 0 Å². The van der Waals surface area contributed by atoms with Gasteiger partial charge in [-0.1, -0.05) is 6.07 Å². The van der Waals surface area contributed by atoms with Crippen LogP contribution in [0.5, 0.6) is 0 Å². The highest BCUT2D eigenvalue weighted by molar-refractivity contribution is 9.10. The molecule has 1 aromatic heterocycles. The molecule has 0 bridgehead atoms. The van der Waals surface area contributed by atoms with Gasteiger partial charge in [-0.25, -0.2) is 13.9 Å². The first-order valence-corrected chi connectivity index (χ1v) is 8.70. The molecule has 20 heavy (non-hydrogen) atoms. The smallest absolute Gasteiger partial charge is 0.106 e. The minimum atomic E-state index is -1.16. The summed E-state index contributed by atoms with van der Waals surface area (Å²) in [6.45, 7) is 5.82. The second-order valence-corrected chi connectivity index (χ2v) is 9.06. The summed E-state index contributed by atoms with van der Waals surface area (Å²) in [4.78, 5) is 4.47. The number of aliphatic hydroxyl groups is 1. The van der Waals surface area contributed by atoms with E-state index in [0.29, 0.717) is 0 Å². The third-order valence-corrected chi connectivity index (χ3v) is 5.49. The molecule has 1 aliphatic rings. The number of aliphatic hydroxyl groups excluding tert-OH is 1. The highest BCUT2D eigenvalue weighted by atomic mass is 79.9. The lowest BCUT2D eigenvalue weighted by Crippen LogP contribution is -2.43. The first-order valence-electron chi connectivity index (χ1n) is 6.76. The molecular formula is C14H21BrN2O2S. The average molecular weight is 361 g/mol.